The fourth-order valence-corrected chi connectivity index (χ4v) is 2.15. The third kappa shape index (κ3) is 4.40. The van der Waals surface area contributed by atoms with Crippen LogP contribution in [0.15, 0.2) is 12.1 Å². The minimum atomic E-state index is -0.418. The largest absolute Gasteiger partial charge is 0.373 e. The second kappa shape index (κ2) is 7.05. The van der Waals surface area contributed by atoms with Crippen molar-refractivity contribution in [3.63, 3.8) is 0 Å². The van der Waals surface area contributed by atoms with Gasteiger partial charge in [0.25, 0.3) is 5.69 Å². The molecule has 1 atom stereocenters. The Hall–Kier alpha value is -1.50. The summed E-state index contributed by atoms with van der Waals surface area (Å²) in [7, 11) is 1.69. The molecule has 0 aliphatic rings. The minimum absolute atomic E-state index is 0.0365. The summed E-state index contributed by atoms with van der Waals surface area (Å²) in [6.07, 6.45) is 2.06. The zero-order valence-corrected chi connectivity index (χ0v) is 11.6. The zero-order valence-electron chi connectivity index (χ0n) is 10.8. The Morgan fingerprint density at radius 2 is 2.17 bits per heavy atom. The fraction of sp³-hybridized carbons (Fsp3) is 0.545. The predicted octanol–water partition coefficient (Wildman–Crippen LogP) is 2.44. The molecular weight excluding hydrogens is 252 g/mol. The molecule has 0 amide bonds. The van der Waals surface area contributed by atoms with Crippen LogP contribution in [0, 0.1) is 16.0 Å². The molecule has 1 rings (SSSR count). The van der Waals surface area contributed by atoms with Crippen LogP contribution in [-0.2, 0) is 0 Å². The molecule has 0 bridgehead atoms. The van der Waals surface area contributed by atoms with Crippen LogP contribution in [0.4, 0.5) is 17.3 Å². The monoisotopic (exact) mass is 270 g/mol. The van der Waals surface area contributed by atoms with E-state index in [9.17, 15) is 10.1 Å². The Labute approximate surface area is 111 Å². The van der Waals surface area contributed by atoms with Gasteiger partial charge in [0, 0.05) is 13.6 Å². The topological polar surface area (TPSA) is 80.1 Å². The Balaban J connectivity index is 2.75. The maximum atomic E-state index is 10.8. The van der Waals surface area contributed by atoms with E-state index in [1.165, 1.54) is 12.1 Å². The number of nitro groups is 1. The minimum Gasteiger partial charge on any atom is -0.373 e. The van der Waals surface area contributed by atoms with E-state index < -0.39 is 4.92 Å². The molecule has 1 unspecified atom stereocenters. The van der Waals surface area contributed by atoms with Crippen molar-refractivity contribution in [2.45, 2.75) is 6.92 Å². The van der Waals surface area contributed by atoms with E-state index in [1.807, 2.05) is 0 Å². The highest BCUT2D eigenvalue weighted by Crippen LogP contribution is 2.20. The molecule has 6 nitrogen and oxygen atoms in total. The number of aromatic nitrogens is 1. The van der Waals surface area contributed by atoms with Crippen LogP contribution in [0.25, 0.3) is 0 Å². The third-order valence-electron chi connectivity index (χ3n) is 2.36. The van der Waals surface area contributed by atoms with E-state index in [0.717, 1.165) is 12.3 Å². The highest BCUT2D eigenvalue weighted by molar-refractivity contribution is 7.98. The summed E-state index contributed by atoms with van der Waals surface area (Å²) in [6.45, 7) is 2.87. The van der Waals surface area contributed by atoms with Gasteiger partial charge < -0.3 is 10.6 Å². The van der Waals surface area contributed by atoms with Crippen molar-refractivity contribution in [3.05, 3.63) is 22.2 Å². The molecule has 7 heteroatoms. The van der Waals surface area contributed by atoms with Crippen molar-refractivity contribution in [2.75, 3.05) is 36.2 Å². The number of nitrogens with one attached hydrogen (secondary N) is 2. The van der Waals surface area contributed by atoms with Crippen molar-refractivity contribution in [3.8, 4) is 0 Å². The van der Waals surface area contributed by atoms with Gasteiger partial charge in [-0.25, -0.2) is 4.98 Å². The smallest absolute Gasteiger partial charge is 0.276 e. The van der Waals surface area contributed by atoms with Crippen molar-refractivity contribution >= 4 is 29.1 Å². The maximum Gasteiger partial charge on any atom is 0.276 e. The quantitative estimate of drug-likeness (QED) is 0.585. The predicted molar refractivity (Wildman–Crippen MR) is 76.5 cm³/mol. The summed E-state index contributed by atoms with van der Waals surface area (Å²) >= 11 is 1.78. The highest BCUT2D eigenvalue weighted by atomic mass is 32.2. The number of rotatable bonds is 7. The standard InChI is InChI=1S/C11H18N4O2S/c1-8(7-18-3)6-13-11-5-9(15(16)17)4-10(12-2)14-11/h4-5,8H,6-7H2,1-3H3,(H2,12,13,14). The molecule has 2 N–H and O–H groups in total. The summed E-state index contributed by atoms with van der Waals surface area (Å²) in [6, 6.07) is 2.86. The van der Waals surface area contributed by atoms with E-state index in [-0.39, 0.29) is 5.69 Å². The van der Waals surface area contributed by atoms with Gasteiger partial charge in [-0.05, 0) is 17.9 Å². The lowest BCUT2D eigenvalue weighted by Gasteiger charge is -2.12. The molecule has 1 aromatic heterocycles. The summed E-state index contributed by atoms with van der Waals surface area (Å²) in [4.78, 5) is 14.6. The van der Waals surface area contributed by atoms with Crippen LogP contribution in [0.5, 0.6) is 0 Å². The van der Waals surface area contributed by atoms with Gasteiger partial charge in [-0.2, -0.15) is 11.8 Å². The number of anilines is 2. The van der Waals surface area contributed by atoms with Gasteiger partial charge >= 0.3 is 0 Å². The highest BCUT2D eigenvalue weighted by Gasteiger charge is 2.11. The lowest BCUT2D eigenvalue weighted by Crippen LogP contribution is -2.14. The summed E-state index contributed by atoms with van der Waals surface area (Å²) in [5.74, 6) is 2.55. The molecule has 1 aromatic rings. The first-order valence-electron chi connectivity index (χ1n) is 5.63. The fourth-order valence-electron chi connectivity index (χ4n) is 1.46. The molecule has 0 aromatic carbocycles. The number of nitrogens with zero attached hydrogens (tertiary/aromatic N) is 2. The number of thioether (sulfide) groups is 1. The first kappa shape index (κ1) is 14.6. The maximum absolute atomic E-state index is 10.8. The summed E-state index contributed by atoms with van der Waals surface area (Å²) < 4.78 is 0. The van der Waals surface area contributed by atoms with Gasteiger partial charge in [0.15, 0.2) is 0 Å². The first-order chi connectivity index (χ1) is 8.56. The molecular formula is C11H18N4O2S. The normalized spacial score (nSPS) is 11.9. The molecule has 0 saturated carbocycles. The molecule has 18 heavy (non-hydrogen) atoms. The Kier molecular flexibility index (Phi) is 5.70. The Bertz CT molecular complexity index is 414. The van der Waals surface area contributed by atoms with Gasteiger partial charge in [-0.1, -0.05) is 6.92 Å². The van der Waals surface area contributed by atoms with Crippen LogP contribution < -0.4 is 10.6 Å². The van der Waals surface area contributed by atoms with Crippen LogP contribution >= 0.6 is 11.8 Å². The van der Waals surface area contributed by atoms with Crippen LogP contribution in [-0.4, -0.2) is 35.5 Å². The second-order valence-electron chi connectivity index (χ2n) is 4.04. The van der Waals surface area contributed by atoms with E-state index >= 15 is 0 Å². The van der Waals surface area contributed by atoms with Gasteiger partial charge in [0.05, 0.1) is 17.1 Å². The molecule has 0 fully saturated rings. The molecule has 100 valence electrons. The second-order valence-corrected chi connectivity index (χ2v) is 4.96. The lowest BCUT2D eigenvalue weighted by molar-refractivity contribution is -0.384. The average Bonchev–Trinajstić information content (AvgIpc) is 2.36. The third-order valence-corrected chi connectivity index (χ3v) is 3.26. The zero-order chi connectivity index (χ0) is 13.5. The molecule has 0 aliphatic carbocycles. The number of pyridine rings is 1. The summed E-state index contributed by atoms with van der Waals surface area (Å²) in [5, 5.41) is 16.7. The van der Waals surface area contributed by atoms with Gasteiger partial charge in [0.2, 0.25) is 0 Å². The van der Waals surface area contributed by atoms with Gasteiger partial charge in [0.1, 0.15) is 11.6 Å². The van der Waals surface area contributed by atoms with Crippen molar-refractivity contribution < 1.29 is 4.92 Å². The van der Waals surface area contributed by atoms with Crippen molar-refractivity contribution in [1.82, 2.24) is 4.98 Å². The van der Waals surface area contributed by atoms with Crippen LogP contribution in [0.2, 0.25) is 0 Å². The van der Waals surface area contributed by atoms with E-state index in [0.29, 0.717) is 17.6 Å². The summed E-state index contributed by atoms with van der Waals surface area (Å²) in [5.41, 5.74) is 0.0365. The molecule has 0 aliphatic heterocycles. The van der Waals surface area contributed by atoms with E-state index in [2.05, 4.69) is 28.8 Å². The molecule has 0 saturated heterocycles. The van der Waals surface area contributed by atoms with Gasteiger partial charge in [-0.15, -0.1) is 0 Å². The SMILES string of the molecule is CNc1cc([N+](=O)[O-])cc(NCC(C)CSC)n1. The lowest BCUT2D eigenvalue weighted by atomic mass is 10.2. The average molecular weight is 270 g/mol. The van der Waals surface area contributed by atoms with E-state index in [1.54, 1.807) is 18.8 Å². The Morgan fingerprint density at radius 1 is 1.50 bits per heavy atom. The number of hydrogen-bond acceptors (Lipinski definition) is 6. The van der Waals surface area contributed by atoms with Crippen molar-refractivity contribution in [2.24, 2.45) is 5.92 Å². The van der Waals surface area contributed by atoms with Crippen LogP contribution in [0.1, 0.15) is 6.92 Å². The molecule has 0 radical (unpaired) electrons. The van der Waals surface area contributed by atoms with Crippen molar-refractivity contribution in [1.29, 1.82) is 0 Å². The van der Waals surface area contributed by atoms with Gasteiger partial charge in [-0.3, -0.25) is 10.1 Å². The van der Waals surface area contributed by atoms with E-state index in [4.69, 9.17) is 0 Å². The Morgan fingerprint density at radius 3 is 2.72 bits per heavy atom. The first-order valence-corrected chi connectivity index (χ1v) is 7.03. The van der Waals surface area contributed by atoms with Crippen LogP contribution in [0.3, 0.4) is 0 Å². The molecule has 0 spiro atoms. The molecule has 1 heterocycles. The number of hydrogen-bond donors (Lipinski definition) is 2.